The van der Waals surface area contributed by atoms with Gasteiger partial charge in [0.15, 0.2) is 0 Å². The molecule has 0 saturated carbocycles. The Hall–Kier alpha value is -4.12. The van der Waals surface area contributed by atoms with E-state index in [-0.39, 0.29) is 31.4 Å². The first-order valence-electron chi connectivity index (χ1n) is 13.1. The molecular weight excluding hydrogens is 525 g/mol. The molecule has 1 saturated heterocycles. The Labute approximate surface area is 228 Å². The zero-order valence-electron chi connectivity index (χ0n) is 21.5. The van der Waals surface area contributed by atoms with Crippen LogP contribution in [0, 0.1) is 0 Å². The fraction of sp³-hybridized carbons (Fsp3) is 0.345. The molecule has 40 heavy (non-hydrogen) atoms. The van der Waals surface area contributed by atoms with Gasteiger partial charge in [-0.05, 0) is 35.7 Å². The highest BCUT2D eigenvalue weighted by molar-refractivity contribution is 6.05. The van der Waals surface area contributed by atoms with Crippen molar-refractivity contribution in [1.29, 1.82) is 0 Å². The van der Waals surface area contributed by atoms with Crippen molar-refractivity contribution in [3.05, 3.63) is 88.2 Å². The van der Waals surface area contributed by atoms with Gasteiger partial charge in [-0.15, -0.1) is 0 Å². The number of ether oxygens (including phenoxy) is 1. The van der Waals surface area contributed by atoms with Crippen LogP contribution in [0.2, 0.25) is 0 Å². The second-order valence-electron chi connectivity index (χ2n) is 10.4. The van der Waals surface area contributed by atoms with Crippen LogP contribution in [0.4, 0.5) is 13.2 Å². The second-order valence-corrected chi connectivity index (χ2v) is 10.4. The lowest BCUT2D eigenvalue weighted by atomic mass is 10.0. The average molecular weight is 553 g/mol. The third-order valence-corrected chi connectivity index (χ3v) is 7.72. The highest BCUT2D eigenvalue weighted by Gasteiger charge is 2.40. The van der Waals surface area contributed by atoms with Crippen molar-refractivity contribution in [3.63, 3.8) is 0 Å². The number of nitrogens with zero attached hydrogens (tertiary/aromatic N) is 3. The van der Waals surface area contributed by atoms with Crippen LogP contribution >= 0.6 is 0 Å². The van der Waals surface area contributed by atoms with Crippen LogP contribution < -0.4 is 10.1 Å². The van der Waals surface area contributed by atoms with E-state index in [4.69, 9.17) is 4.74 Å². The molecule has 0 bridgehead atoms. The maximum absolute atomic E-state index is 13.1. The molecule has 8 nitrogen and oxygen atoms in total. The number of imide groups is 1. The number of carbonyl (C=O) groups is 3. The first kappa shape index (κ1) is 26.1. The zero-order chi connectivity index (χ0) is 28.0. The number of hydrogen-bond donors (Lipinski definition) is 1. The number of amides is 3. The number of alkyl halides is 3. The van der Waals surface area contributed by atoms with Crippen LogP contribution in [-0.4, -0.2) is 44.7 Å². The largest absolute Gasteiger partial charge is 0.489 e. The summed E-state index contributed by atoms with van der Waals surface area (Å²) in [6, 6.07) is 13.7. The van der Waals surface area contributed by atoms with Gasteiger partial charge >= 0.3 is 6.18 Å². The van der Waals surface area contributed by atoms with Crippen molar-refractivity contribution in [3.8, 4) is 5.75 Å². The summed E-state index contributed by atoms with van der Waals surface area (Å²) in [5.74, 6) is -0.464. The number of nitrogens with one attached hydrogen (secondary N) is 1. The van der Waals surface area contributed by atoms with Gasteiger partial charge in [0, 0.05) is 55.6 Å². The van der Waals surface area contributed by atoms with Crippen LogP contribution in [0.25, 0.3) is 0 Å². The number of rotatable bonds is 6. The van der Waals surface area contributed by atoms with Crippen LogP contribution in [0.1, 0.15) is 51.1 Å². The Morgan fingerprint density at radius 2 is 1.75 bits per heavy atom. The van der Waals surface area contributed by atoms with E-state index in [1.165, 1.54) is 17.2 Å². The molecule has 3 aromatic rings. The van der Waals surface area contributed by atoms with Crippen molar-refractivity contribution in [2.24, 2.45) is 0 Å². The van der Waals surface area contributed by atoms with E-state index in [9.17, 15) is 27.6 Å². The monoisotopic (exact) mass is 552 g/mol. The summed E-state index contributed by atoms with van der Waals surface area (Å²) >= 11 is 0. The van der Waals surface area contributed by atoms with Crippen molar-refractivity contribution in [2.75, 3.05) is 6.54 Å². The molecule has 1 unspecified atom stereocenters. The van der Waals surface area contributed by atoms with Gasteiger partial charge in [0.05, 0.1) is 12.1 Å². The summed E-state index contributed by atoms with van der Waals surface area (Å²) in [7, 11) is 0. The van der Waals surface area contributed by atoms with Gasteiger partial charge in [-0.2, -0.15) is 13.2 Å². The average Bonchev–Trinajstić information content (AvgIpc) is 3.50. The fourth-order valence-corrected chi connectivity index (χ4v) is 5.60. The molecule has 11 heteroatoms. The van der Waals surface area contributed by atoms with Crippen molar-refractivity contribution >= 4 is 17.7 Å². The van der Waals surface area contributed by atoms with Crippen LogP contribution in [0.5, 0.6) is 5.75 Å². The molecule has 0 spiro atoms. The summed E-state index contributed by atoms with van der Waals surface area (Å²) in [4.78, 5) is 40.5. The topological polar surface area (TPSA) is 83.9 Å². The van der Waals surface area contributed by atoms with Gasteiger partial charge in [-0.25, -0.2) is 0 Å². The summed E-state index contributed by atoms with van der Waals surface area (Å²) in [6.07, 6.45) is -2.66. The lowest BCUT2D eigenvalue weighted by Crippen LogP contribution is -2.52. The molecule has 1 aromatic heterocycles. The van der Waals surface area contributed by atoms with Crippen molar-refractivity contribution < 1.29 is 32.3 Å². The molecule has 3 amide bonds. The molecule has 6 rings (SSSR count). The summed E-state index contributed by atoms with van der Waals surface area (Å²) in [6.45, 7) is 2.77. The maximum atomic E-state index is 13.1. The van der Waals surface area contributed by atoms with Gasteiger partial charge in [0.25, 0.3) is 5.91 Å². The predicted octanol–water partition coefficient (Wildman–Crippen LogP) is 3.86. The molecule has 0 aliphatic carbocycles. The van der Waals surface area contributed by atoms with Gasteiger partial charge < -0.3 is 14.2 Å². The van der Waals surface area contributed by atoms with Crippen LogP contribution in [0.15, 0.2) is 54.7 Å². The molecule has 1 fully saturated rings. The molecule has 4 heterocycles. The SMILES string of the molecule is O=C1CCC(N2Cc3c(OCc4ccc(CN5CCn6cc(C(F)(F)F)cc6C5)cc4)cccc3C2=O)C(=O)N1. The van der Waals surface area contributed by atoms with Gasteiger partial charge in [-0.1, -0.05) is 30.3 Å². The van der Waals surface area contributed by atoms with Crippen LogP contribution in [-0.2, 0) is 48.6 Å². The minimum absolute atomic E-state index is 0.195. The summed E-state index contributed by atoms with van der Waals surface area (Å²) < 4.78 is 46.9. The number of piperidine rings is 1. The van der Waals surface area contributed by atoms with Crippen molar-refractivity contribution in [1.82, 2.24) is 19.7 Å². The lowest BCUT2D eigenvalue weighted by molar-refractivity contribution is -0.138. The highest BCUT2D eigenvalue weighted by atomic mass is 19.4. The van der Waals surface area contributed by atoms with E-state index >= 15 is 0 Å². The Morgan fingerprint density at radius 3 is 2.50 bits per heavy atom. The summed E-state index contributed by atoms with van der Waals surface area (Å²) in [5, 5.41) is 2.31. The quantitative estimate of drug-likeness (QED) is 0.470. The van der Waals surface area contributed by atoms with Gasteiger partial charge in [-0.3, -0.25) is 24.6 Å². The molecule has 1 N–H and O–H groups in total. The first-order chi connectivity index (χ1) is 19.2. The summed E-state index contributed by atoms with van der Waals surface area (Å²) in [5.41, 5.74) is 3.24. The van der Waals surface area contributed by atoms with Gasteiger partial charge in [0.2, 0.25) is 11.8 Å². The van der Waals surface area contributed by atoms with Crippen LogP contribution in [0.3, 0.4) is 0 Å². The number of hydrogen-bond acceptors (Lipinski definition) is 5. The Morgan fingerprint density at radius 1 is 0.975 bits per heavy atom. The number of fused-ring (bicyclic) bond motifs is 2. The van der Waals surface area contributed by atoms with E-state index in [2.05, 4.69) is 10.2 Å². The van der Waals surface area contributed by atoms with E-state index < -0.39 is 23.7 Å². The number of aromatic nitrogens is 1. The van der Waals surface area contributed by atoms with E-state index in [1.807, 2.05) is 24.3 Å². The molecule has 208 valence electrons. The third-order valence-electron chi connectivity index (χ3n) is 7.72. The standard InChI is InChI=1S/C29H27F3N4O4/c30-29(31,32)20-12-21-15-34(10-11-35(21)14-20)13-18-4-6-19(7-5-18)17-40-25-3-1-2-22-23(25)16-36(28(22)39)24-8-9-26(37)33-27(24)38/h1-7,12,14,24H,8-11,13,15-17H2,(H,33,37,38). The molecule has 3 aliphatic rings. The molecule has 3 aliphatic heterocycles. The highest BCUT2D eigenvalue weighted by Crippen LogP contribution is 2.34. The van der Waals surface area contributed by atoms with Crippen molar-refractivity contribution in [2.45, 2.75) is 57.8 Å². The third kappa shape index (κ3) is 5.08. The maximum Gasteiger partial charge on any atom is 0.417 e. The second kappa shape index (κ2) is 10.1. The van der Waals surface area contributed by atoms with E-state index in [1.54, 1.807) is 22.8 Å². The Kier molecular flexibility index (Phi) is 6.61. The normalized spacial score (nSPS) is 19.4. The fourth-order valence-electron chi connectivity index (χ4n) is 5.60. The first-order valence-corrected chi connectivity index (χ1v) is 13.1. The number of benzene rings is 2. The minimum Gasteiger partial charge on any atom is -0.489 e. The predicted molar refractivity (Wildman–Crippen MR) is 137 cm³/mol. The molecule has 1 atom stereocenters. The lowest BCUT2D eigenvalue weighted by Gasteiger charge is -2.29. The molecular formula is C29H27F3N4O4. The molecule has 0 radical (unpaired) electrons. The minimum atomic E-state index is -4.34. The number of halogens is 3. The Bertz CT molecular complexity index is 1480. The smallest absolute Gasteiger partial charge is 0.417 e. The molecule has 2 aromatic carbocycles. The Balaban J connectivity index is 1.07. The van der Waals surface area contributed by atoms with E-state index in [0.717, 1.165) is 16.7 Å². The van der Waals surface area contributed by atoms with Gasteiger partial charge in [0.1, 0.15) is 18.4 Å². The number of carbonyl (C=O) groups excluding carboxylic acids is 3. The van der Waals surface area contributed by atoms with E-state index in [0.29, 0.717) is 49.6 Å². The zero-order valence-corrected chi connectivity index (χ0v) is 21.5.